The Labute approximate surface area is 95.0 Å². The molecule has 0 heterocycles. The zero-order chi connectivity index (χ0) is 10.1. The predicted molar refractivity (Wildman–Crippen MR) is 61.4 cm³/mol. The molecule has 2 aromatic carbocycles. The normalized spacial score (nSPS) is 10.1. The van der Waals surface area contributed by atoms with E-state index in [1.807, 2.05) is 24.3 Å². The maximum atomic E-state index is 8.85. The van der Waals surface area contributed by atoms with Crippen LogP contribution in [0.5, 0.6) is 0 Å². The Bertz CT molecular complexity index is 543. The minimum absolute atomic E-state index is 0.497. The molecule has 68 valence electrons. The number of benzene rings is 2. The standard InChI is InChI=1S/C11H5BrClN/c12-10-5-7(6-14)11(13)9-4-2-1-3-8(9)10/h1-5H. The lowest BCUT2D eigenvalue weighted by Gasteiger charge is -2.04. The van der Waals surface area contributed by atoms with Gasteiger partial charge in [-0.1, -0.05) is 51.8 Å². The first-order valence-electron chi connectivity index (χ1n) is 4.01. The molecule has 0 bridgehead atoms. The molecule has 0 amide bonds. The van der Waals surface area contributed by atoms with Crippen molar-refractivity contribution in [3.8, 4) is 6.07 Å². The SMILES string of the molecule is N#Cc1cc(Br)c2ccccc2c1Cl. The third-order valence-corrected chi connectivity index (χ3v) is 3.11. The highest BCUT2D eigenvalue weighted by Crippen LogP contribution is 2.32. The Hall–Kier alpha value is -1.04. The maximum Gasteiger partial charge on any atom is 0.101 e. The van der Waals surface area contributed by atoms with E-state index in [0.29, 0.717) is 10.6 Å². The topological polar surface area (TPSA) is 23.8 Å². The average Bonchev–Trinajstić information content (AvgIpc) is 2.23. The summed E-state index contributed by atoms with van der Waals surface area (Å²) >= 11 is 9.48. The summed E-state index contributed by atoms with van der Waals surface area (Å²) in [4.78, 5) is 0. The molecule has 1 nitrogen and oxygen atoms in total. The fourth-order valence-corrected chi connectivity index (χ4v) is 2.21. The molecule has 0 aliphatic rings. The smallest absolute Gasteiger partial charge is 0.101 e. The van der Waals surface area contributed by atoms with Crippen molar-refractivity contribution < 1.29 is 0 Å². The third-order valence-electron chi connectivity index (χ3n) is 2.05. The van der Waals surface area contributed by atoms with Crippen molar-refractivity contribution in [3.63, 3.8) is 0 Å². The van der Waals surface area contributed by atoms with Crippen molar-refractivity contribution in [1.29, 1.82) is 5.26 Å². The highest BCUT2D eigenvalue weighted by atomic mass is 79.9. The highest BCUT2D eigenvalue weighted by Gasteiger charge is 2.07. The van der Waals surface area contributed by atoms with Gasteiger partial charge in [0.25, 0.3) is 0 Å². The van der Waals surface area contributed by atoms with Crippen LogP contribution < -0.4 is 0 Å². The number of fused-ring (bicyclic) bond motifs is 1. The van der Waals surface area contributed by atoms with Crippen molar-refractivity contribution in [2.45, 2.75) is 0 Å². The van der Waals surface area contributed by atoms with Gasteiger partial charge in [-0.2, -0.15) is 5.26 Å². The van der Waals surface area contributed by atoms with E-state index >= 15 is 0 Å². The maximum absolute atomic E-state index is 8.85. The van der Waals surface area contributed by atoms with Crippen LogP contribution in [0, 0.1) is 11.3 Å². The van der Waals surface area contributed by atoms with Gasteiger partial charge < -0.3 is 0 Å². The van der Waals surface area contributed by atoms with Gasteiger partial charge in [-0.15, -0.1) is 0 Å². The summed E-state index contributed by atoms with van der Waals surface area (Å²) in [6.07, 6.45) is 0. The van der Waals surface area contributed by atoms with Gasteiger partial charge in [-0.25, -0.2) is 0 Å². The Balaban J connectivity index is 2.96. The van der Waals surface area contributed by atoms with Crippen molar-refractivity contribution in [2.24, 2.45) is 0 Å². The second kappa shape index (κ2) is 3.61. The summed E-state index contributed by atoms with van der Waals surface area (Å²) in [7, 11) is 0. The lowest BCUT2D eigenvalue weighted by Crippen LogP contribution is -1.82. The van der Waals surface area contributed by atoms with Crippen molar-refractivity contribution >= 4 is 38.3 Å². The van der Waals surface area contributed by atoms with Crippen molar-refractivity contribution in [1.82, 2.24) is 0 Å². The van der Waals surface area contributed by atoms with Crippen LogP contribution in [-0.4, -0.2) is 0 Å². The molecule has 2 rings (SSSR count). The van der Waals surface area contributed by atoms with Gasteiger partial charge in [0.1, 0.15) is 6.07 Å². The number of hydrogen-bond acceptors (Lipinski definition) is 1. The van der Waals surface area contributed by atoms with Crippen molar-refractivity contribution in [3.05, 3.63) is 45.4 Å². The molecule has 0 N–H and O–H groups in total. The van der Waals surface area contributed by atoms with E-state index in [0.717, 1.165) is 15.2 Å². The number of nitrogens with zero attached hydrogens (tertiary/aromatic N) is 1. The molecule has 0 saturated heterocycles. The van der Waals surface area contributed by atoms with E-state index < -0.39 is 0 Å². The van der Waals surface area contributed by atoms with Gasteiger partial charge >= 0.3 is 0 Å². The minimum atomic E-state index is 0.497. The molecule has 14 heavy (non-hydrogen) atoms. The summed E-state index contributed by atoms with van der Waals surface area (Å²) in [5.41, 5.74) is 0.497. The van der Waals surface area contributed by atoms with Crippen LogP contribution in [0.3, 0.4) is 0 Å². The Kier molecular flexibility index (Phi) is 2.45. The lowest BCUT2D eigenvalue weighted by atomic mass is 10.1. The molecule has 2 aromatic rings. The van der Waals surface area contributed by atoms with Crippen molar-refractivity contribution in [2.75, 3.05) is 0 Å². The molecular weight excluding hydrogens is 261 g/mol. The summed E-state index contributed by atoms with van der Waals surface area (Å²) in [6, 6.07) is 11.5. The third kappa shape index (κ3) is 1.39. The summed E-state index contributed by atoms with van der Waals surface area (Å²) in [6.45, 7) is 0. The number of rotatable bonds is 0. The van der Waals surface area contributed by atoms with Gasteiger partial charge in [0.15, 0.2) is 0 Å². The molecule has 0 aromatic heterocycles. The second-order valence-electron chi connectivity index (χ2n) is 2.88. The van der Waals surface area contributed by atoms with Crippen LogP contribution in [0.15, 0.2) is 34.8 Å². The Morgan fingerprint density at radius 3 is 2.50 bits per heavy atom. The predicted octanol–water partition coefficient (Wildman–Crippen LogP) is 4.13. The molecule has 0 unspecified atom stereocenters. The largest absolute Gasteiger partial charge is 0.192 e. The second-order valence-corrected chi connectivity index (χ2v) is 4.11. The monoisotopic (exact) mass is 265 g/mol. The van der Waals surface area contributed by atoms with E-state index in [9.17, 15) is 0 Å². The molecule has 0 atom stereocenters. The molecular formula is C11H5BrClN. The van der Waals surface area contributed by atoms with Crippen LogP contribution in [0.4, 0.5) is 0 Å². The first-order chi connectivity index (χ1) is 6.74. The molecule has 0 fully saturated rings. The number of nitriles is 1. The van der Waals surface area contributed by atoms with Gasteiger partial charge in [-0.3, -0.25) is 0 Å². The van der Waals surface area contributed by atoms with E-state index in [4.69, 9.17) is 16.9 Å². The van der Waals surface area contributed by atoms with E-state index in [-0.39, 0.29) is 0 Å². The van der Waals surface area contributed by atoms with E-state index in [1.54, 1.807) is 6.07 Å². The quantitative estimate of drug-likeness (QED) is 0.703. The fraction of sp³-hybridized carbons (Fsp3) is 0. The van der Waals surface area contributed by atoms with Gasteiger partial charge in [-0.05, 0) is 11.5 Å². The van der Waals surface area contributed by atoms with Gasteiger partial charge in [0.05, 0.1) is 10.6 Å². The van der Waals surface area contributed by atoms with Crippen LogP contribution in [-0.2, 0) is 0 Å². The zero-order valence-corrected chi connectivity index (χ0v) is 9.43. The van der Waals surface area contributed by atoms with Gasteiger partial charge in [0, 0.05) is 9.86 Å². The van der Waals surface area contributed by atoms with Crippen LogP contribution in [0.1, 0.15) is 5.56 Å². The van der Waals surface area contributed by atoms with Crippen LogP contribution in [0.25, 0.3) is 10.8 Å². The first kappa shape index (κ1) is 9.51. The van der Waals surface area contributed by atoms with Gasteiger partial charge in [0.2, 0.25) is 0 Å². The molecule has 3 heteroatoms. The summed E-state index contributed by atoms with van der Waals surface area (Å²) < 4.78 is 0.897. The van der Waals surface area contributed by atoms with E-state index in [2.05, 4.69) is 22.0 Å². The highest BCUT2D eigenvalue weighted by molar-refractivity contribution is 9.10. The van der Waals surface area contributed by atoms with E-state index in [1.165, 1.54) is 0 Å². The molecule has 0 radical (unpaired) electrons. The Morgan fingerprint density at radius 1 is 1.21 bits per heavy atom. The zero-order valence-electron chi connectivity index (χ0n) is 7.09. The molecule has 0 saturated carbocycles. The van der Waals surface area contributed by atoms with Crippen LogP contribution in [0.2, 0.25) is 5.02 Å². The molecule has 0 aliphatic carbocycles. The lowest BCUT2D eigenvalue weighted by molar-refractivity contribution is 1.49. The van der Waals surface area contributed by atoms with Crippen LogP contribution >= 0.6 is 27.5 Å². The summed E-state index contributed by atoms with van der Waals surface area (Å²) in [5, 5.41) is 11.3. The first-order valence-corrected chi connectivity index (χ1v) is 5.18. The average molecular weight is 267 g/mol. The number of hydrogen-bond donors (Lipinski definition) is 0. The molecule has 0 spiro atoms. The Morgan fingerprint density at radius 2 is 1.86 bits per heavy atom. The summed E-state index contributed by atoms with van der Waals surface area (Å²) in [5.74, 6) is 0. The fourth-order valence-electron chi connectivity index (χ4n) is 1.38. The molecule has 0 aliphatic heterocycles. The minimum Gasteiger partial charge on any atom is -0.192 e. The number of halogens is 2.